The number of unbranched alkanes of at least 4 members (excludes halogenated alkanes) is 26. The molecule has 0 aliphatic carbocycles. The van der Waals surface area contributed by atoms with Crippen molar-refractivity contribution in [2.24, 2.45) is 0 Å². The first-order chi connectivity index (χ1) is 36.7. The molecule has 0 aromatic rings. The third-order valence-corrected chi connectivity index (χ3v) is 13.8. The summed E-state index contributed by atoms with van der Waals surface area (Å²) in [4.78, 5) is 26.5. The smallest absolute Gasteiger partial charge is 0.306 e. The van der Waals surface area contributed by atoms with Gasteiger partial charge < -0.3 is 45.1 Å². The van der Waals surface area contributed by atoms with Crippen LogP contribution in [0.3, 0.4) is 0 Å². The largest absolute Gasteiger partial charge is 0.454 e. The number of carbonyl (C=O) groups excluding carboxylic acids is 2. The number of esters is 1. The lowest BCUT2D eigenvalue weighted by atomic mass is 9.99. The van der Waals surface area contributed by atoms with E-state index in [0.29, 0.717) is 12.8 Å². The van der Waals surface area contributed by atoms with E-state index >= 15 is 0 Å². The predicted octanol–water partition coefficient (Wildman–Crippen LogP) is 14.2. The van der Waals surface area contributed by atoms with Crippen molar-refractivity contribution in [3.8, 4) is 0 Å². The summed E-state index contributed by atoms with van der Waals surface area (Å²) in [5, 5.41) is 56.8. The molecule has 11 nitrogen and oxygen atoms in total. The van der Waals surface area contributed by atoms with E-state index in [2.05, 4.69) is 74.7 Å². The molecule has 0 bridgehead atoms. The number of carbonyl (C=O) groups is 2. The zero-order valence-electron chi connectivity index (χ0n) is 47.6. The average Bonchev–Trinajstić information content (AvgIpc) is 3.41. The minimum Gasteiger partial charge on any atom is -0.454 e. The van der Waals surface area contributed by atoms with Crippen molar-refractivity contribution >= 4 is 11.9 Å². The van der Waals surface area contributed by atoms with Gasteiger partial charge in [0, 0.05) is 6.42 Å². The summed E-state index contributed by atoms with van der Waals surface area (Å²) in [6, 6.07) is -1.04. The van der Waals surface area contributed by atoms with Crippen molar-refractivity contribution in [3.05, 3.63) is 85.1 Å². The van der Waals surface area contributed by atoms with Gasteiger partial charge in [0.05, 0.1) is 25.4 Å². The molecule has 0 aromatic carbocycles. The highest BCUT2D eigenvalue weighted by molar-refractivity contribution is 5.80. The molecule has 1 saturated heterocycles. The first-order valence-electron chi connectivity index (χ1n) is 30.4. The van der Waals surface area contributed by atoms with Crippen LogP contribution in [-0.4, -0.2) is 99.6 Å². The number of amides is 1. The zero-order chi connectivity index (χ0) is 54.7. The van der Waals surface area contributed by atoms with Crippen LogP contribution in [0.2, 0.25) is 0 Å². The monoisotopic (exact) mass is 1050 g/mol. The Morgan fingerprint density at radius 1 is 0.547 bits per heavy atom. The normalized spacial score (nSPS) is 19.8. The highest BCUT2D eigenvalue weighted by Gasteiger charge is 2.47. The first-order valence-corrected chi connectivity index (χ1v) is 30.4. The van der Waals surface area contributed by atoms with Crippen LogP contribution >= 0.6 is 0 Å². The van der Waals surface area contributed by atoms with Crippen LogP contribution in [0.15, 0.2) is 85.1 Å². The average molecular weight is 1050 g/mol. The van der Waals surface area contributed by atoms with Gasteiger partial charge >= 0.3 is 5.97 Å². The Kier molecular flexibility index (Phi) is 48.0. The third kappa shape index (κ3) is 39.8. The molecule has 1 aliphatic heterocycles. The van der Waals surface area contributed by atoms with Gasteiger partial charge in [0.15, 0.2) is 12.4 Å². The molecular weight excluding hydrogens is 943 g/mol. The Morgan fingerprint density at radius 3 is 1.57 bits per heavy atom. The Labute approximate surface area is 457 Å². The molecule has 75 heavy (non-hydrogen) atoms. The number of hydrogen-bond donors (Lipinski definition) is 6. The number of ether oxygens (including phenoxy) is 3. The number of aliphatic hydroxyl groups excluding tert-OH is 5. The van der Waals surface area contributed by atoms with Crippen molar-refractivity contribution in [3.63, 3.8) is 0 Å². The van der Waals surface area contributed by atoms with Gasteiger partial charge in [-0.1, -0.05) is 241 Å². The van der Waals surface area contributed by atoms with Gasteiger partial charge in [-0.05, 0) is 83.5 Å². The van der Waals surface area contributed by atoms with E-state index in [4.69, 9.17) is 14.2 Å². The summed E-state index contributed by atoms with van der Waals surface area (Å²) in [7, 11) is 0. The topological polar surface area (TPSA) is 175 Å². The van der Waals surface area contributed by atoms with Gasteiger partial charge in [0.25, 0.3) is 0 Å². The van der Waals surface area contributed by atoms with E-state index in [1.807, 2.05) is 30.4 Å². The fourth-order valence-electron chi connectivity index (χ4n) is 9.01. The van der Waals surface area contributed by atoms with E-state index in [0.717, 1.165) is 103 Å². The van der Waals surface area contributed by atoms with Crippen LogP contribution in [0.1, 0.15) is 245 Å². The molecule has 432 valence electrons. The summed E-state index contributed by atoms with van der Waals surface area (Å²) in [5.41, 5.74) is 0. The highest BCUT2D eigenvalue weighted by atomic mass is 16.7. The number of aliphatic hydroxyl groups is 5. The SMILES string of the molecule is CC/C=C/C=C/C=C\CCCCCCC(O)C(=O)NC(COC1OC(CO)C(O)C(O)C1OC(=O)CCCCCCCCCCCC/C=C\C/C=C\C/C=C\CCCCC)C(O)/C=C/CCCCCCCCCCC. The van der Waals surface area contributed by atoms with Crippen LogP contribution in [0.25, 0.3) is 0 Å². The van der Waals surface area contributed by atoms with E-state index in [9.17, 15) is 35.1 Å². The lowest BCUT2D eigenvalue weighted by Gasteiger charge is -2.41. The van der Waals surface area contributed by atoms with Gasteiger partial charge in [0.1, 0.15) is 24.4 Å². The number of hydrogen-bond acceptors (Lipinski definition) is 10. The molecule has 1 fully saturated rings. The number of nitrogens with one attached hydrogen (secondary N) is 1. The van der Waals surface area contributed by atoms with E-state index in [1.54, 1.807) is 6.08 Å². The quantitative estimate of drug-likeness (QED) is 0.0149. The minimum atomic E-state index is -1.62. The van der Waals surface area contributed by atoms with Crippen LogP contribution in [0.4, 0.5) is 0 Å². The summed E-state index contributed by atoms with van der Waals surface area (Å²) < 4.78 is 17.6. The second-order valence-corrected chi connectivity index (χ2v) is 20.8. The molecule has 6 N–H and O–H groups in total. The molecule has 8 unspecified atom stereocenters. The van der Waals surface area contributed by atoms with Crippen LogP contribution in [0.5, 0.6) is 0 Å². The zero-order valence-corrected chi connectivity index (χ0v) is 47.6. The number of rotatable bonds is 50. The second kappa shape index (κ2) is 51.6. The molecule has 8 atom stereocenters. The Hall–Kier alpha value is -3.16. The fourth-order valence-corrected chi connectivity index (χ4v) is 9.01. The molecule has 0 saturated carbocycles. The fraction of sp³-hybridized carbons (Fsp3) is 0.750. The highest BCUT2D eigenvalue weighted by Crippen LogP contribution is 2.26. The number of allylic oxidation sites excluding steroid dienone is 13. The van der Waals surface area contributed by atoms with Gasteiger partial charge in [-0.25, -0.2) is 0 Å². The molecule has 0 spiro atoms. The van der Waals surface area contributed by atoms with Gasteiger partial charge in [-0.2, -0.15) is 0 Å². The van der Waals surface area contributed by atoms with Crippen molar-refractivity contribution in [2.75, 3.05) is 13.2 Å². The molecule has 1 amide bonds. The molecular formula is C64H111NO10. The minimum absolute atomic E-state index is 0.113. The van der Waals surface area contributed by atoms with Crippen molar-refractivity contribution in [2.45, 2.75) is 294 Å². The first kappa shape index (κ1) is 69.9. The standard InChI is InChI=1S/C64H111NO10/c1-4-7-10-13-16-19-22-24-25-26-27-28-29-30-31-32-33-34-37-40-43-46-49-52-59(69)75-62-61(71)60(70)58(53-66)74-64(62)73-54-55(56(67)50-47-44-41-38-35-21-18-15-12-9-6-3)65-63(72)57(68)51-48-45-42-39-36-23-20-17-14-11-8-5-2/h8,11,14,16-17,19-20,23-25,27-28,47,50,55-58,60-62,64,66-68,70-71H,4-7,9-10,12-13,15,18,21-22,26,29-46,48-49,51-54H2,1-3H3,(H,65,72)/b11-8+,17-14+,19-16-,23-20-,25-24-,28-27-,50-47+. The van der Waals surface area contributed by atoms with E-state index in [1.165, 1.54) is 96.3 Å². The Balaban J connectivity index is 2.63. The van der Waals surface area contributed by atoms with Crippen LogP contribution < -0.4 is 5.32 Å². The third-order valence-electron chi connectivity index (χ3n) is 13.8. The van der Waals surface area contributed by atoms with E-state index in [-0.39, 0.29) is 19.4 Å². The second-order valence-electron chi connectivity index (χ2n) is 20.8. The lowest BCUT2D eigenvalue weighted by Crippen LogP contribution is -2.61. The molecule has 1 aliphatic rings. The van der Waals surface area contributed by atoms with E-state index < -0.39 is 67.4 Å². The predicted molar refractivity (Wildman–Crippen MR) is 310 cm³/mol. The summed E-state index contributed by atoms with van der Waals surface area (Å²) in [6.07, 6.45) is 56.3. The Bertz CT molecular complexity index is 1540. The molecule has 0 aromatic heterocycles. The molecule has 1 rings (SSSR count). The van der Waals surface area contributed by atoms with Crippen LogP contribution in [0, 0.1) is 0 Å². The maximum absolute atomic E-state index is 13.3. The molecule has 11 heteroatoms. The van der Waals surface area contributed by atoms with Gasteiger partial charge in [0.2, 0.25) is 5.91 Å². The van der Waals surface area contributed by atoms with Crippen molar-refractivity contribution in [1.82, 2.24) is 5.32 Å². The molecule has 1 heterocycles. The van der Waals surface area contributed by atoms with Crippen molar-refractivity contribution in [1.29, 1.82) is 0 Å². The van der Waals surface area contributed by atoms with Crippen molar-refractivity contribution < 1.29 is 49.3 Å². The summed E-state index contributed by atoms with van der Waals surface area (Å²) in [6.45, 7) is 5.59. The summed E-state index contributed by atoms with van der Waals surface area (Å²) in [5.74, 6) is -1.22. The van der Waals surface area contributed by atoms with Crippen LogP contribution in [-0.2, 0) is 23.8 Å². The van der Waals surface area contributed by atoms with Gasteiger partial charge in [-0.3, -0.25) is 9.59 Å². The van der Waals surface area contributed by atoms with Gasteiger partial charge in [-0.15, -0.1) is 0 Å². The maximum atomic E-state index is 13.3. The summed E-state index contributed by atoms with van der Waals surface area (Å²) >= 11 is 0. The molecule has 0 radical (unpaired) electrons. The lowest BCUT2D eigenvalue weighted by molar-refractivity contribution is -0.305. The maximum Gasteiger partial charge on any atom is 0.306 e. The Morgan fingerprint density at radius 2 is 1.01 bits per heavy atom.